The molecule has 0 bridgehead atoms. The van der Waals surface area contributed by atoms with E-state index in [0.717, 1.165) is 11.3 Å². The molecule has 1 heterocycles. The molecule has 124 valence electrons. The van der Waals surface area contributed by atoms with Gasteiger partial charge >= 0.3 is 0 Å². The van der Waals surface area contributed by atoms with Crippen LogP contribution in [0.4, 0.5) is 4.39 Å². The van der Waals surface area contributed by atoms with Crippen molar-refractivity contribution in [2.45, 2.75) is 12.6 Å². The molecule has 24 heavy (non-hydrogen) atoms. The Kier molecular flexibility index (Phi) is 4.72. The highest BCUT2D eigenvalue weighted by atomic mass is 19.1. The van der Waals surface area contributed by atoms with Gasteiger partial charge in [-0.05, 0) is 42.0 Å². The van der Waals surface area contributed by atoms with Crippen LogP contribution >= 0.6 is 0 Å². The van der Waals surface area contributed by atoms with E-state index in [9.17, 15) is 4.39 Å². The molecular weight excluding hydrogens is 311 g/mol. The number of rotatable bonds is 6. The van der Waals surface area contributed by atoms with Crippen molar-refractivity contribution in [3.63, 3.8) is 0 Å². The summed E-state index contributed by atoms with van der Waals surface area (Å²) >= 11 is 0. The molecule has 0 saturated heterocycles. The van der Waals surface area contributed by atoms with Gasteiger partial charge in [0, 0.05) is 0 Å². The molecule has 6 nitrogen and oxygen atoms in total. The van der Waals surface area contributed by atoms with E-state index in [1.807, 2.05) is 24.3 Å². The number of halogens is 1. The third-order valence-corrected chi connectivity index (χ3v) is 3.47. The minimum absolute atomic E-state index is 0.184. The summed E-state index contributed by atoms with van der Waals surface area (Å²) in [5, 5.41) is 6.93. The Bertz CT molecular complexity index is 804. The molecular formula is C17H17FN4O2. The molecule has 3 rings (SSSR count). The standard InChI is InChI=1S/C17H17FN4O2/c1-23-14-4-2-3-11(9-14)16(19)17-20-15(21-22-17)10-24-13-7-5-12(18)6-8-13/h2-9,16H,10,19H2,1H3,(H,20,21,22). The molecule has 1 aromatic heterocycles. The molecule has 3 aromatic rings. The number of nitrogens with one attached hydrogen (secondary N) is 1. The molecule has 0 amide bonds. The number of hydrogen-bond acceptors (Lipinski definition) is 5. The highest BCUT2D eigenvalue weighted by molar-refractivity contribution is 5.33. The predicted molar refractivity (Wildman–Crippen MR) is 86.1 cm³/mol. The first-order valence-corrected chi connectivity index (χ1v) is 7.35. The van der Waals surface area contributed by atoms with Crippen molar-refractivity contribution in [1.29, 1.82) is 0 Å². The van der Waals surface area contributed by atoms with E-state index < -0.39 is 6.04 Å². The molecule has 1 atom stereocenters. The van der Waals surface area contributed by atoms with E-state index in [4.69, 9.17) is 15.2 Å². The first-order valence-electron chi connectivity index (χ1n) is 7.35. The second kappa shape index (κ2) is 7.10. The van der Waals surface area contributed by atoms with E-state index in [0.29, 0.717) is 17.4 Å². The largest absolute Gasteiger partial charge is 0.497 e. The number of nitrogens with two attached hydrogens (primary N) is 1. The maximum atomic E-state index is 12.9. The van der Waals surface area contributed by atoms with Crippen LogP contribution in [0.3, 0.4) is 0 Å². The van der Waals surface area contributed by atoms with Gasteiger partial charge in [0.25, 0.3) is 0 Å². The van der Waals surface area contributed by atoms with Crippen LogP contribution in [0.15, 0.2) is 48.5 Å². The highest BCUT2D eigenvalue weighted by Crippen LogP contribution is 2.21. The summed E-state index contributed by atoms with van der Waals surface area (Å²) in [4.78, 5) is 4.34. The fourth-order valence-corrected chi connectivity index (χ4v) is 2.18. The number of aromatic amines is 1. The topological polar surface area (TPSA) is 86.0 Å². The Morgan fingerprint density at radius 3 is 2.71 bits per heavy atom. The van der Waals surface area contributed by atoms with Gasteiger partial charge < -0.3 is 15.2 Å². The van der Waals surface area contributed by atoms with Gasteiger partial charge in [0.1, 0.15) is 23.9 Å². The average molecular weight is 328 g/mol. The number of nitrogens with zero attached hydrogens (tertiary/aromatic N) is 2. The molecule has 2 aromatic carbocycles. The number of ether oxygens (including phenoxy) is 2. The zero-order valence-corrected chi connectivity index (χ0v) is 13.1. The Hall–Kier alpha value is -2.93. The number of aromatic nitrogens is 3. The fraction of sp³-hybridized carbons (Fsp3) is 0.176. The summed E-state index contributed by atoms with van der Waals surface area (Å²) in [6, 6.07) is 12.7. The van der Waals surface area contributed by atoms with Gasteiger partial charge in [0.2, 0.25) is 0 Å². The molecule has 0 saturated carbocycles. The molecule has 0 aliphatic rings. The summed E-state index contributed by atoms with van der Waals surface area (Å²) < 4.78 is 23.6. The van der Waals surface area contributed by atoms with Gasteiger partial charge in [-0.3, -0.25) is 5.10 Å². The van der Waals surface area contributed by atoms with E-state index in [2.05, 4.69) is 15.2 Å². The maximum absolute atomic E-state index is 12.9. The number of hydrogen-bond donors (Lipinski definition) is 2. The van der Waals surface area contributed by atoms with Crippen LogP contribution in [0, 0.1) is 5.82 Å². The quantitative estimate of drug-likeness (QED) is 0.726. The van der Waals surface area contributed by atoms with Crippen LogP contribution < -0.4 is 15.2 Å². The van der Waals surface area contributed by atoms with Crippen LogP contribution in [0.2, 0.25) is 0 Å². The van der Waals surface area contributed by atoms with Crippen molar-refractivity contribution >= 4 is 0 Å². The smallest absolute Gasteiger partial charge is 0.172 e. The molecule has 0 fully saturated rings. The summed E-state index contributed by atoms with van der Waals surface area (Å²) in [6.07, 6.45) is 0. The van der Waals surface area contributed by atoms with Crippen LogP contribution in [-0.4, -0.2) is 22.3 Å². The van der Waals surface area contributed by atoms with Gasteiger partial charge in [0.15, 0.2) is 11.6 Å². The van der Waals surface area contributed by atoms with Crippen LogP contribution in [0.5, 0.6) is 11.5 Å². The molecule has 7 heteroatoms. The lowest BCUT2D eigenvalue weighted by Crippen LogP contribution is -2.13. The van der Waals surface area contributed by atoms with Gasteiger partial charge in [0.05, 0.1) is 13.2 Å². The van der Waals surface area contributed by atoms with Crippen molar-refractivity contribution in [2.24, 2.45) is 5.73 Å². The zero-order valence-electron chi connectivity index (χ0n) is 13.1. The molecule has 3 N–H and O–H groups in total. The molecule has 0 spiro atoms. The van der Waals surface area contributed by atoms with Crippen LogP contribution in [0.1, 0.15) is 23.3 Å². The third kappa shape index (κ3) is 3.69. The van der Waals surface area contributed by atoms with Crippen molar-refractivity contribution in [1.82, 2.24) is 15.2 Å². The second-order valence-electron chi connectivity index (χ2n) is 5.14. The van der Waals surface area contributed by atoms with Crippen LogP contribution in [-0.2, 0) is 6.61 Å². The zero-order chi connectivity index (χ0) is 16.9. The Morgan fingerprint density at radius 2 is 1.96 bits per heavy atom. The van der Waals surface area contributed by atoms with Crippen LogP contribution in [0.25, 0.3) is 0 Å². The van der Waals surface area contributed by atoms with Crippen molar-refractivity contribution < 1.29 is 13.9 Å². The average Bonchev–Trinajstić information content (AvgIpc) is 3.09. The van der Waals surface area contributed by atoms with E-state index in [-0.39, 0.29) is 12.4 Å². The van der Waals surface area contributed by atoms with Crippen molar-refractivity contribution in [3.05, 3.63) is 71.6 Å². The predicted octanol–water partition coefficient (Wildman–Crippen LogP) is 2.58. The molecule has 0 radical (unpaired) electrons. The first kappa shape index (κ1) is 15.9. The highest BCUT2D eigenvalue weighted by Gasteiger charge is 2.15. The van der Waals surface area contributed by atoms with Gasteiger partial charge in [-0.1, -0.05) is 12.1 Å². The summed E-state index contributed by atoms with van der Waals surface area (Å²) in [5.74, 6) is 1.95. The monoisotopic (exact) mass is 328 g/mol. The number of methoxy groups -OCH3 is 1. The molecule has 1 unspecified atom stereocenters. The lowest BCUT2D eigenvalue weighted by Gasteiger charge is -2.09. The second-order valence-corrected chi connectivity index (χ2v) is 5.14. The van der Waals surface area contributed by atoms with Crippen molar-refractivity contribution in [3.8, 4) is 11.5 Å². The fourth-order valence-electron chi connectivity index (χ4n) is 2.18. The lowest BCUT2D eigenvalue weighted by atomic mass is 10.1. The summed E-state index contributed by atoms with van der Waals surface area (Å²) in [6.45, 7) is 0.184. The molecule has 0 aliphatic heterocycles. The first-order chi connectivity index (χ1) is 11.7. The lowest BCUT2D eigenvalue weighted by molar-refractivity contribution is 0.296. The minimum atomic E-state index is -0.476. The van der Waals surface area contributed by atoms with E-state index >= 15 is 0 Å². The van der Waals surface area contributed by atoms with Gasteiger partial charge in [-0.15, -0.1) is 0 Å². The minimum Gasteiger partial charge on any atom is -0.497 e. The molecule has 0 aliphatic carbocycles. The Labute approximate surface area is 138 Å². The SMILES string of the molecule is COc1cccc(C(N)c2n[nH]c(COc3ccc(F)cc3)n2)c1. The van der Waals surface area contributed by atoms with Gasteiger partial charge in [-0.2, -0.15) is 5.10 Å². The summed E-state index contributed by atoms with van der Waals surface area (Å²) in [7, 11) is 1.60. The van der Waals surface area contributed by atoms with Crippen molar-refractivity contribution in [2.75, 3.05) is 7.11 Å². The maximum Gasteiger partial charge on any atom is 0.172 e. The normalized spacial score (nSPS) is 12.0. The Balaban J connectivity index is 1.67. The Morgan fingerprint density at radius 1 is 1.17 bits per heavy atom. The summed E-state index contributed by atoms with van der Waals surface area (Å²) in [5.41, 5.74) is 7.04. The number of benzene rings is 2. The van der Waals surface area contributed by atoms with Gasteiger partial charge in [-0.25, -0.2) is 9.37 Å². The van der Waals surface area contributed by atoms with E-state index in [1.165, 1.54) is 12.1 Å². The number of H-pyrrole nitrogens is 1. The third-order valence-electron chi connectivity index (χ3n) is 3.47. The van der Waals surface area contributed by atoms with E-state index in [1.54, 1.807) is 19.2 Å².